The van der Waals surface area contributed by atoms with E-state index in [1.165, 1.54) is 32.4 Å². The van der Waals surface area contributed by atoms with Crippen molar-refractivity contribution in [2.24, 2.45) is 0 Å². The fourth-order valence-electron chi connectivity index (χ4n) is 1.66. The number of benzene rings is 1. The predicted molar refractivity (Wildman–Crippen MR) is 59.2 cm³/mol. The number of phenolic OH excluding ortho intramolecular Hbond substituents is 1. The Morgan fingerprint density at radius 2 is 2.06 bits per heavy atom. The second kappa shape index (κ2) is 3.93. The van der Waals surface area contributed by atoms with Crippen LogP contribution < -0.4 is 0 Å². The van der Waals surface area contributed by atoms with E-state index in [1.54, 1.807) is 0 Å². The van der Waals surface area contributed by atoms with Crippen LogP contribution in [-0.4, -0.2) is 24.0 Å². The Labute approximate surface area is 96.6 Å². The average molecular weight is 234 g/mol. The molecule has 1 aromatic heterocycles. The zero-order valence-corrected chi connectivity index (χ0v) is 9.31. The third kappa shape index (κ3) is 1.65. The maximum Gasteiger partial charge on any atom is 0.338 e. The van der Waals surface area contributed by atoms with Gasteiger partial charge < -0.3 is 14.3 Å². The van der Waals surface area contributed by atoms with Crippen LogP contribution in [0.1, 0.15) is 27.6 Å². The first-order chi connectivity index (χ1) is 8.06. The number of ether oxygens (including phenoxy) is 1. The Bertz CT molecular complexity index is 609. The van der Waals surface area contributed by atoms with Crippen molar-refractivity contribution in [3.63, 3.8) is 0 Å². The molecule has 0 fully saturated rings. The minimum absolute atomic E-state index is 0.0350. The minimum Gasteiger partial charge on any atom is -0.504 e. The number of furan rings is 1. The number of esters is 1. The summed E-state index contributed by atoms with van der Waals surface area (Å²) in [5, 5.41) is 10.2. The van der Waals surface area contributed by atoms with Gasteiger partial charge in [0.2, 0.25) is 0 Å². The third-order valence-corrected chi connectivity index (χ3v) is 2.50. The lowest BCUT2D eigenvalue weighted by Crippen LogP contribution is -2.04. The van der Waals surface area contributed by atoms with Crippen LogP contribution in [-0.2, 0) is 4.74 Å². The molecule has 0 spiro atoms. The summed E-state index contributed by atoms with van der Waals surface area (Å²) in [6.07, 6.45) is 1.33. The molecule has 0 amide bonds. The normalized spacial score (nSPS) is 10.5. The molecule has 0 bridgehead atoms. The van der Waals surface area contributed by atoms with Gasteiger partial charge in [-0.1, -0.05) is 0 Å². The fourth-order valence-corrected chi connectivity index (χ4v) is 1.66. The summed E-state index contributed by atoms with van der Waals surface area (Å²) in [4.78, 5) is 22.9. The number of rotatable bonds is 2. The van der Waals surface area contributed by atoms with E-state index >= 15 is 0 Å². The molecule has 88 valence electrons. The highest BCUT2D eigenvalue weighted by Gasteiger charge is 2.20. The Morgan fingerprint density at radius 1 is 1.35 bits per heavy atom. The molecule has 0 atom stereocenters. The Kier molecular flexibility index (Phi) is 2.59. The van der Waals surface area contributed by atoms with Crippen LogP contribution in [0.5, 0.6) is 5.75 Å². The zero-order chi connectivity index (χ0) is 12.6. The van der Waals surface area contributed by atoms with Gasteiger partial charge in [0, 0.05) is 5.39 Å². The standard InChI is InChI=1S/C12H10O5/c1-6(13)8-5-9(12(15)16-2)7-3-4-17-11(7)10(8)14/h3-5,14H,1-2H3. The fraction of sp³-hybridized carbons (Fsp3) is 0.167. The van der Waals surface area contributed by atoms with Crippen LogP contribution in [0, 0.1) is 0 Å². The Morgan fingerprint density at radius 3 is 2.65 bits per heavy atom. The summed E-state index contributed by atoms with van der Waals surface area (Å²) in [7, 11) is 1.24. The van der Waals surface area contributed by atoms with Crippen molar-refractivity contribution in [1.29, 1.82) is 0 Å². The van der Waals surface area contributed by atoms with Gasteiger partial charge in [0.25, 0.3) is 0 Å². The number of carbonyl (C=O) groups is 2. The second-order valence-corrected chi connectivity index (χ2v) is 3.53. The van der Waals surface area contributed by atoms with Crippen molar-refractivity contribution in [1.82, 2.24) is 0 Å². The van der Waals surface area contributed by atoms with Crippen LogP contribution in [0.15, 0.2) is 22.8 Å². The molecule has 0 aliphatic heterocycles. The van der Waals surface area contributed by atoms with E-state index in [1.807, 2.05) is 0 Å². The number of fused-ring (bicyclic) bond motifs is 1. The SMILES string of the molecule is COC(=O)c1cc(C(C)=O)c(O)c2occc12. The molecule has 0 aliphatic carbocycles. The van der Waals surface area contributed by atoms with Crippen LogP contribution in [0.2, 0.25) is 0 Å². The van der Waals surface area contributed by atoms with E-state index in [4.69, 9.17) is 4.42 Å². The summed E-state index contributed by atoms with van der Waals surface area (Å²) in [5.74, 6) is -1.20. The topological polar surface area (TPSA) is 76.7 Å². The number of aromatic hydroxyl groups is 1. The number of Topliss-reactive ketones (excluding diaryl/α,β-unsaturated/α-hetero) is 1. The summed E-state index contributed by atoms with van der Waals surface area (Å²) in [6.45, 7) is 1.30. The van der Waals surface area contributed by atoms with Gasteiger partial charge in [-0.3, -0.25) is 4.79 Å². The second-order valence-electron chi connectivity index (χ2n) is 3.53. The van der Waals surface area contributed by atoms with Crippen LogP contribution in [0.4, 0.5) is 0 Å². The summed E-state index contributed by atoms with van der Waals surface area (Å²) >= 11 is 0. The molecule has 1 heterocycles. The van der Waals surface area contributed by atoms with E-state index in [9.17, 15) is 14.7 Å². The lowest BCUT2D eigenvalue weighted by atomic mass is 10.0. The molecule has 1 aromatic carbocycles. The first-order valence-corrected chi connectivity index (χ1v) is 4.88. The van der Waals surface area contributed by atoms with Crippen LogP contribution in [0.25, 0.3) is 11.0 Å². The maximum atomic E-state index is 11.6. The highest BCUT2D eigenvalue weighted by Crippen LogP contribution is 2.33. The quantitative estimate of drug-likeness (QED) is 0.636. The number of hydrogen-bond acceptors (Lipinski definition) is 5. The minimum atomic E-state index is -0.584. The molecule has 1 N–H and O–H groups in total. The van der Waals surface area contributed by atoms with Crippen LogP contribution >= 0.6 is 0 Å². The van der Waals surface area contributed by atoms with E-state index in [0.29, 0.717) is 5.39 Å². The molecule has 0 radical (unpaired) electrons. The van der Waals surface area contributed by atoms with Gasteiger partial charge in [0.1, 0.15) is 0 Å². The lowest BCUT2D eigenvalue weighted by molar-refractivity contribution is 0.0603. The van der Waals surface area contributed by atoms with Gasteiger partial charge in [0.05, 0.1) is 24.5 Å². The predicted octanol–water partition coefficient (Wildman–Crippen LogP) is 2.13. The van der Waals surface area contributed by atoms with Crippen LogP contribution in [0.3, 0.4) is 0 Å². The number of ketones is 1. The largest absolute Gasteiger partial charge is 0.504 e. The number of phenols is 1. The van der Waals surface area contributed by atoms with Gasteiger partial charge in [-0.15, -0.1) is 0 Å². The molecule has 0 unspecified atom stereocenters. The number of methoxy groups -OCH3 is 1. The Hall–Kier alpha value is -2.30. The number of carbonyl (C=O) groups excluding carboxylic acids is 2. The Balaban J connectivity index is 2.83. The highest BCUT2D eigenvalue weighted by molar-refractivity contribution is 6.10. The molecule has 5 heteroatoms. The van der Waals surface area contributed by atoms with Crippen molar-refractivity contribution < 1.29 is 23.8 Å². The third-order valence-electron chi connectivity index (χ3n) is 2.50. The zero-order valence-electron chi connectivity index (χ0n) is 9.31. The molecule has 0 saturated heterocycles. The van der Waals surface area contributed by atoms with Gasteiger partial charge >= 0.3 is 5.97 Å². The van der Waals surface area contributed by atoms with Gasteiger partial charge in [-0.05, 0) is 19.1 Å². The molecule has 0 aliphatic rings. The van der Waals surface area contributed by atoms with E-state index < -0.39 is 5.97 Å². The smallest absolute Gasteiger partial charge is 0.338 e. The molecule has 17 heavy (non-hydrogen) atoms. The summed E-state index contributed by atoms with van der Waals surface area (Å²) in [5.41, 5.74) is 0.338. The molecule has 2 aromatic rings. The van der Waals surface area contributed by atoms with E-state index in [0.717, 1.165) is 0 Å². The van der Waals surface area contributed by atoms with Gasteiger partial charge in [-0.25, -0.2) is 4.79 Å². The molecule has 5 nitrogen and oxygen atoms in total. The lowest BCUT2D eigenvalue weighted by Gasteiger charge is -2.06. The van der Waals surface area contributed by atoms with Crippen molar-refractivity contribution >= 4 is 22.7 Å². The van der Waals surface area contributed by atoms with E-state index in [-0.39, 0.29) is 28.2 Å². The maximum absolute atomic E-state index is 11.6. The van der Waals surface area contributed by atoms with Gasteiger partial charge in [0.15, 0.2) is 17.1 Å². The van der Waals surface area contributed by atoms with Gasteiger partial charge in [-0.2, -0.15) is 0 Å². The average Bonchev–Trinajstić information content (AvgIpc) is 2.77. The monoisotopic (exact) mass is 234 g/mol. The molecular formula is C12H10O5. The van der Waals surface area contributed by atoms with Crippen molar-refractivity contribution in [3.8, 4) is 5.75 Å². The first kappa shape index (κ1) is 11.2. The number of hydrogen-bond donors (Lipinski definition) is 1. The van der Waals surface area contributed by atoms with Crippen molar-refractivity contribution in [2.45, 2.75) is 6.92 Å². The summed E-state index contributed by atoms with van der Waals surface area (Å²) < 4.78 is 9.68. The first-order valence-electron chi connectivity index (χ1n) is 4.88. The summed E-state index contributed by atoms with van der Waals surface area (Å²) in [6, 6.07) is 2.84. The molecular weight excluding hydrogens is 224 g/mol. The van der Waals surface area contributed by atoms with E-state index in [2.05, 4.69) is 4.74 Å². The molecule has 2 rings (SSSR count). The molecule has 0 saturated carbocycles. The highest BCUT2D eigenvalue weighted by atomic mass is 16.5. The van der Waals surface area contributed by atoms with Crippen molar-refractivity contribution in [2.75, 3.05) is 7.11 Å². The van der Waals surface area contributed by atoms with Crippen molar-refractivity contribution in [3.05, 3.63) is 29.5 Å².